The molecule has 0 radical (unpaired) electrons. The van der Waals surface area contributed by atoms with E-state index in [0.717, 1.165) is 27.6 Å². The Hall–Kier alpha value is -4.09. The maximum absolute atomic E-state index is 13.3. The highest BCUT2D eigenvalue weighted by Crippen LogP contribution is 2.44. The van der Waals surface area contributed by atoms with Gasteiger partial charge in [-0.3, -0.25) is 9.69 Å². The van der Waals surface area contributed by atoms with E-state index in [1.807, 2.05) is 72.8 Å². The van der Waals surface area contributed by atoms with Gasteiger partial charge in [0.05, 0.1) is 49.1 Å². The van der Waals surface area contributed by atoms with Crippen LogP contribution >= 0.6 is 11.8 Å². The molecule has 5 rings (SSSR count). The molecule has 1 fully saturated rings. The van der Waals surface area contributed by atoms with Crippen molar-refractivity contribution < 1.29 is 19.0 Å². The second-order valence-corrected chi connectivity index (χ2v) is 9.68. The van der Waals surface area contributed by atoms with Gasteiger partial charge in [-0.1, -0.05) is 54.2 Å². The van der Waals surface area contributed by atoms with Crippen molar-refractivity contribution in [2.75, 3.05) is 31.7 Å². The number of allylic oxidation sites excluding steroid dienone is 1. The van der Waals surface area contributed by atoms with Crippen molar-refractivity contribution in [3.05, 3.63) is 94.5 Å². The number of carbonyl (C=O) groups excluding carboxylic acids is 1. The number of methoxy groups -OCH3 is 2. The van der Waals surface area contributed by atoms with Crippen LogP contribution in [0.4, 0.5) is 5.69 Å². The number of hydrogen-bond donors (Lipinski definition) is 0. The summed E-state index contributed by atoms with van der Waals surface area (Å²) in [4.78, 5) is 17.1. The Labute approximate surface area is 220 Å². The number of ether oxygens (including phenoxy) is 3. The van der Waals surface area contributed by atoms with Gasteiger partial charge in [-0.15, -0.1) is 0 Å². The third kappa shape index (κ3) is 5.09. The molecule has 1 saturated heterocycles. The van der Waals surface area contributed by atoms with Gasteiger partial charge in [0.15, 0.2) is 0 Å². The summed E-state index contributed by atoms with van der Waals surface area (Å²) in [5.41, 5.74) is 3.53. The summed E-state index contributed by atoms with van der Waals surface area (Å²) in [5.74, 6) is 2.43. The second-order valence-electron chi connectivity index (χ2n) is 8.74. The minimum Gasteiger partial charge on any atom is -0.497 e. The molecule has 37 heavy (non-hydrogen) atoms. The largest absolute Gasteiger partial charge is 0.497 e. The van der Waals surface area contributed by atoms with Crippen molar-refractivity contribution in [2.45, 2.75) is 18.9 Å². The van der Waals surface area contributed by atoms with Crippen LogP contribution in [0.5, 0.6) is 17.2 Å². The Morgan fingerprint density at radius 2 is 1.76 bits per heavy atom. The molecule has 0 aliphatic carbocycles. The molecule has 0 unspecified atom stereocenters. The van der Waals surface area contributed by atoms with Crippen LogP contribution in [-0.2, 0) is 11.4 Å². The Bertz CT molecular complexity index is 1350. The number of rotatable bonds is 7. The fraction of sp³-hybridized carbons (Fsp3) is 0.241. The molecule has 1 amide bonds. The zero-order valence-corrected chi connectivity index (χ0v) is 21.5. The first-order valence-electron chi connectivity index (χ1n) is 11.9. The molecule has 8 heteroatoms. The maximum Gasteiger partial charge on any atom is 0.229 e. The van der Waals surface area contributed by atoms with Crippen LogP contribution in [0.25, 0.3) is 0 Å². The van der Waals surface area contributed by atoms with E-state index in [1.54, 1.807) is 19.1 Å². The monoisotopic (exact) mass is 513 g/mol. The fourth-order valence-corrected chi connectivity index (χ4v) is 5.74. The van der Waals surface area contributed by atoms with Gasteiger partial charge in [0.25, 0.3) is 0 Å². The van der Waals surface area contributed by atoms with Crippen molar-refractivity contribution in [3.63, 3.8) is 0 Å². The minimum atomic E-state index is -0.276. The third-order valence-electron chi connectivity index (χ3n) is 6.55. The third-order valence-corrected chi connectivity index (χ3v) is 7.71. The molecule has 0 aromatic heterocycles. The lowest BCUT2D eigenvalue weighted by Crippen LogP contribution is -2.47. The predicted molar refractivity (Wildman–Crippen MR) is 143 cm³/mol. The van der Waals surface area contributed by atoms with E-state index in [-0.39, 0.29) is 18.2 Å². The van der Waals surface area contributed by atoms with Gasteiger partial charge in [-0.25, -0.2) is 0 Å². The smallest absolute Gasteiger partial charge is 0.229 e. The van der Waals surface area contributed by atoms with Crippen molar-refractivity contribution in [3.8, 4) is 23.3 Å². The standard InChI is InChI=1S/C29H27N3O4S/c1-34-23-12-13-26(27(14-23)35-2)31-18-32-28(33)15-24(25(16-30)29(32)37-19-31)21-8-10-22(11-9-21)36-17-20-6-4-3-5-7-20/h3-14,24H,15,17-19H2,1-2H3/t24-/m1/s1. The van der Waals surface area contributed by atoms with Gasteiger partial charge in [-0.05, 0) is 35.4 Å². The average Bonchev–Trinajstić information content (AvgIpc) is 2.96. The molecule has 1 atom stereocenters. The molecule has 2 heterocycles. The normalized spacial score (nSPS) is 17.2. The summed E-state index contributed by atoms with van der Waals surface area (Å²) in [5, 5.41) is 10.8. The van der Waals surface area contributed by atoms with E-state index in [2.05, 4.69) is 11.0 Å². The lowest BCUT2D eigenvalue weighted by Gasteiger charge is -2.42. The molecule has 2 aliphatic rings. The molecule has 2 aliphatic heterocycles. The summed E-state index contributed by atoms with van der Waals surface area (Å²) in [7, 11) is 3.23. The number of carbonyl (C=O) groups is 1. The first-order chi connectivity index (χ1) is 18.1. The Morgan fingerprint density at radius 1 is 1.00 bits per heavy atom. The van der Waals surface area contributed by atoms with Gasteiger partial charge in [0.2, 0.25) is 5.91 Å². The van der Waals surface area contributed by atoms with Crippen LogP contribution < -0.4 is 19.1 Å². The molecule has 3 aromatic rings. The Morgan fingerprint density at radius 3 is 2.46 bits per heavy atom. The fourth-order valence-electron chi connectivity index (χ4n) is 4.58. The zero-order chi connectivity index (χ0) is 25.8. The molecular formula is C29H27N3O4S. The number of thioether (sulfide) groups is 1. The summed E-state index contributed by atoms with van der Waals surface area (Å²) in [6, 6.07) is 25.7. The maximum atomic E-state index is 13.3. The summed E-state index contributed by atoms with van der Waals surface area (Å²) in [6.45, 7) is 0.838. The predicted octanol–water partition coefficient (Wildman–Crippen LogP) is 5.50. The van der Waals surface area contributed by atoms with Crippen molar-refractivity contribution >= 4 is 23.4 Å². The zero-order valence-electron chi connectivity index (χ0n) is 20.7. The number of hydrogen-bond acceptors (Lipinski definition) is 7. The van der Waals surface area contributed by atoms with Crippen LogP contribution in [0.3, 0.4) is 0 Å². The van der Waals surface area contributed by atoms with Crippen molar-refractivity contribution in [1.29, 1.82) is 5.26 Å². The topological polar surface area (TPSA) is 75.0 Å². The lowest BCUT2D eigenvalue weighted by atomic mass is 9.86. The van der Waals surface area contributed by atoms with Crippen molar-refractivity contribution in [1.82, 2.24) is 4.90 Å². The molecule has 0 saturated carbocycles. The van der Waals surface area contributed by atoms with Gasteiger partial charge < -0.3 is 19.1 Å². The number of benzene rings is 3. The molecule has 0 bridgehead atoms. The number of nitriles is 1. The molecular weight excluding hydrogens is 486 g/mol. The highest BCUT2D eigenvalue weighted by Gasteiger charge is 2.38. The number of fused-ring (bicyclic) bond motifs is 1. The van der Waals surface area contributed by atoms with Crippen molar-refractivity contribution in [2.24, 2.45) is 0 Å². The molecule has 3 aromatic carbocycles. The summed E-state index contributed by atoms with van der Waals surface area (Å²) >= 11 is 1.50. The van der Waals surface area contributed by atoms with E-state index in [0.29, 0.717) is 36.2 Å². The van der Waals surface area contributed by atoms with Crippen LogP contribution in [-0.4, -0.2) is 37.6 Å². The highest BCUT2D eigenvalue weighted by molar-refractivity contribution is 8.03. The van der Waals surface area contributed by atoms with Gasteiger partial charge in [0.1, 0.15) is 23.9 Å². The minimum absolute atomic E-state index is 0.00640. The van der Waals surface area contributed by atoms with E-state index in [4.69, 9.17) is 14.2 Å². The van der Waals surface area contributed by atoms with Crippen LogP contribution in [0.15, 0.2) is 83.4 Å². The van der Waals surface area contributed by atoms with Gasteiger partial charge in [0, 0.05) is 18.4 Å². The summed E-state index contributed by atoms with van der Waals surface area (Å²) < 4.78 is 16.8. The highest BCUT2D eigenvalue weighted by atomic mass is 32.2. The van der Waals surface area contributed by atoms with Crippen LogP contribution in [0, 0.1) is 11.3 Å². The van der Waals surface area contributed by atoms with E-state index < -0.39 is 0 Å². The molecule has 0 spiro atoms. The van der Waals surface area contributed by atoms with E-state index in [9.17, 15) is 10.1 Å². The van der Waals surface area contributed by atoms with Gasteiger partial charge in [-0.2, -0.15) is 5.26 Å². The van der Waals surface area contributed by atoms with E-state index in [1.165, 1.54) is 11.8 Å². The Kier molecular flexibility index (Phi) is 7.24. The SMILES string of the molecule is COc1ccc(N2CSC3=C(C#N)[C@@H](c4ccc(OCc5ccccc5)cc4)CC(=O)N3C2)c(OC)c1. The average molecular weight is 514 g/mol. The number of amides is 1. The van der Waals surface area contributed by atoms with Crippen LogP contribution in [0.2, 0.25) is 0 Å². The first kappa shape index (κ1) is 24.6. The van der Waals surface area contributed by atoms with E-state index >= 15 is 0 Å². The number of anilines is 1. The quantitative estimate of drug-likeness (QED) is 0.413. The molecule has 7 nitrogen and oxygen atoms in total. The second kappa shape index (κ2) is 10.9. The lowest BCUT2D eigenvalue weighted by molar-refractivity contribution is -0.129. The first-order valence-corrected chi connectivity index (χ1v) is 12.9. The number of nitrogens with zero attached hydrogens (tertiary/aromatic N) is 3. The van der Waals surface area contributed by atoms with Crippen LogP contribution in [0.1, 0.15) is 23.5 Å². The molecule has 0 N–H and O–H groups in total. The molecule has 188 valence electrons. The summed E-state index contributed by atoms with van der Waals surface area (Å²) in [6.07, 6.45) is 0.241. The van der Waals surface area contributed by atoms with Gasteiger partial charge >= 0.3 is 0 Å². The Balaban J connectivity index is 1.34.